The van der Waals surface area contributed by atoms with Crippen molar-refractivity contribution in [3.63, 3.8) is 0 Å². The van der Waals surface area contributed by atoms with Crippen molar-refractivity contribution in [3.8, 4) is 17.7 Å². The lowest BCUT2D eigenvalue weighted by atomic mass is 10.1. The summed E-state index contributed by atoms with van der Waals surface area (Å²) in [5.41, 5.74) is 0.155. The van der Waals surface area contributed by atoms with Crippen molar-refractivity contribution >= 4 is 17.6 Å². The summed E-state index contributed by atoms with van der Waals surface area (Å²) in [6, 6.07) is 10.4. The molecule has 3 rings (SSSR count). The van der Waals surface area contributed by atoms with Gasteiger partial charge in [-0.25, -0.2) is 4.39 Å². The number of carbonyl (C=O) groups is 1. The molecule has 0 unspecified atom stereocenters. The van der Waals surface area contributed by atoms with Gasteiger partial charge in [0.05, 0.1) is 6.61 Å². The number of carbonyl (C=O) groups excluding carboxylic acids is 1. The van der Waals surface area contributed by atoms with E-state index in [0.717, 1.165) is 11.6 Å². The van der Waals surface area contributed by atoms with Gasteiger partial charge in [-0.3, -0.25) is 14.0 Å². The Bertz CT molecular complexity index is 1240. The fourth-order valence-electron chi connectivity index (χ4n) is 2.76. The van der Waals surface area contributed by atoms with Crippen LogP contribution in [-0.2, 0) is 9.53 Å². The van der Waals surface area contributed by atoms with Crippen molar-refractivity contribution in [2.75, 3.05) is 20.3 Å². The summed E-state index contributed by atoms with van der Waals surface area (Å²) in [5, 5.41) is 12.0. The Hall–Kier alpha value is -4.03. The fraction of sp³-hybridized carbons (Fsp3) is 0.182. The molecule has 1 aromatic carbocycles. The second-order valence-electron chi connectivity index (χ2n) is 6.50. The number of halogens is 1. The van der Waals surface area contributed by atoms with Gasteiger partial charge < -0.3 is 14.8 Å². The Morgan fingerprint density at radius 2 is 2.06 bits per heavy atom. The van der Waals surface area contributed by atoms with E-state index in [1.165, 1.54) is 42.0 Å². The van der Waals surface area contributed by atoms with E-state index in [0.29, 0.717) is 5.65 Å². The van der Waals surface area contributed by atoms with Crippen molar-refractivity contribution in [2.24, 2.45) is 0 Å². The first-order valence-corrected chi connectivity index (χ1v) is 9.29. The number of aromatic nitrogens is 2. The van der Waals surface area contributed by atoms with Gasteiger partial charge in [0, 0.05) is 19.9 Å². The monoisotopic (exact) mass is 422 g/mol. The zero-order valence-electron chi connectivity index (χ0n) is 16.9. The predicted molar refractivity (Wildman–Crippen MR) is 111 cm³/mol. The smallest absolute Gasteiger partial charge is 0.269 e. The van der Waals surface area contributed by atoms with Gasteiger partial charge >= 0.3 is 0 Å². The molecule has 1 amide bonds. The zero-order chi connectivity index (χ0) is 22.4. The van der Waals surface area contributed by atoms with Crippen molar-refractivity contribution in [1.29, 1.82) is 5.26 Å². The molecule has 0 atom stereocenters. The van der Waals surface area contributed by atoms with E-state index < -0.39 is 17.3 Å². The third-order valence-corrected chi connectivity index (χ3v) is 4.32. The minimum absolute atomic E-state index is 0.0918. The van der Waals surface area contributed by atoms with Gasteiger partial charge in [-0.1, -0.05) is 6.07 Å². The Kier molecular flexibility index (Phi) is 6.74. The van der Waals surface area contributed by atoms with Gasteiger partial charge in [-0.2, -0.15) is 10.2 Å². The van der Waals surface area contributed by atoms with Crippen molar-refractivity contribution in [3.05, 3.63) is 75.5 Å². The summed E-state index contributed by atoms with van der Waals surface area (Å²) in [4.78, 5) is 29.9. The number of pyridine rings is 1. The maximum Gasteiger partial charge on any atom is 0.269 e. The van der Waals surface area contributed by atoms with Crippen LogP contribution < -0.4 is 15.6 Å². The molecule has 0 fully saturated rings. The van der Waals surface area contributed by atoms with E-state index >= 15 is 0 Å². The number of nitriles is 1. The number of benzene rings is 1. The molecule has 0 saturated carbocycles. The van der Waals surface area contributed by atoms with Crippen LogP contribution >= 0.6 is 0 Å². The van der Waals surface area contributed by atoms with Gasteiger partial charge in [0.25, 0.3) is 11.5 Å². The molecule has 2 aromatic heterocycles. The third-order valence-electron chi connectivity index (χ3n) is 4.32. The highest BCUT2D eigenvalue weighted by molar-refractivity contribution is 6.01. The highest BCUT2D eigenvalue weighted by Crippen LogP contribution is 2.25. The number of methoxy groups -OCH3 is 1. The van der Waals surface area contributed by atoms with Crippen LogP contribution in [0.25, 0.3) is 11.7 Å². The molecule has 0 aliphatic carbocycles. The topological polar surface area (TPSA) is 106 Å². The van der Waals surface area contributed by atoms with Crippen LogP contribution in [0.2, 0.25) is 0 Å². The number of hydrogen-bond acceptors (Lipinski definition) is 6. The lowest BCUT2D eigenvalue weighted by Crippen LogP contribution is -2.28. The van der Waals surface area contributed by atoms with Crippen molar-refractivity contribution in [1.82, 2.24) is 14.7 Å². The molecule has 0 aliphatic heterocycles. The van der Waals surface area contributed by atoms with Gasteiger partial charge in [0.15, 0.2) is 0 Å². The minimum atomic E-state index is -0.666. The van der Waals surface area contributed by atoms with Gasteiger partial charge in [0.2, 0.25) is 5.88 Å². The van der Waals surface area contributed by atoms with Crippen LogP contribution in [-0.4, -0.2) is 35.6 Å². The summed E-state index contributed by atoms with van der Waals surface area (Å²) in [6.45, 7) is 2.24. The molecule has 0 radical (unpaired) electrons. The number of rotatable bonds is 7. The molecule has 0 saturated heterocycles. The fourth-order valence-corrected chi connectivity index (χ4v) is 2.76. The Balaban J connectivity index is 2.14. The van der Waals surface area contributed by atoms with Crippen LogP contribution in [0, 0.1) is 24.1 Å². The van der Waals surface area contributed by atoms with E-state index in [1.807, 2.05) is 0 Å². The minimum Gasteiger partial charge on any atom is -0.438 e. The highest BCUT2D eigenvalue weighted by atomic mass is 19.1. The van der Waals surface area contributed by atoms with Gasteiger partial charge in [0.1, 0.15) is 34.4 Å². The lowest BCUT2D eigenvalue weighted by Gasteiger charge is -2.11. The first-order chi connectivity index (χ1) is 14.9. The van der Waals surface area contributed by atoms with Crippen LogP contribution in [0.4, 0.5) is 4.39 Å². The van der Waals surface area contributed by atoms with E-state index in [9.17, 15) is 19.2 Å². The van der Waals surface area contributed by atoms with Crippen LogP contribution in [0.5, 0.6) is 11.6 Å². The van der Waals surface area contributed by atoms with Gasteiger partial charge in [-0.15, -0.1) is 0 Å². The first kappa shape index (κ1) is 21.7. The van der Waals surface area contributed by atoms with Crippen molar-refractivity contribution in [2.45, 2.75) is 6.92 Å². The normalized spacial score (nSPS) is 11.2. The van der Waals surface area contributed by atoms with E-state index in [1.54, 1.807) is 25.1 Å². The number of ether oxygens (including phenoxy) is 2. The maximum absolute atomic E-state index is 13.2. The highest BCUT2D eigenvalue weighted by Gasteiger charge is 2.18. The summed E-state index contributed by atoms with van der Waals surface area (Å²) in [6.07, 6.45) is 2.66. The summed E-state index contributed by atoms with van der Waals surface area (Å²) in [7, 11) is 1.48. The summed E-state index contributed by atoms with van der Waals surface area (Å²) < 4.78 is 25.1. The molecule has 3 aromatic rings. The van der Waals surface area contributed by atoms with Crippen LogP contribution in [0.1, 0.15) is 11.1 Å². The number of nitrogens with one attached hydrogen (secondary N) is 1. The summed E-state index contributed by atoms with van der Waals surface area (Å²) >= 11 is 0. The molecule has 31 heavy (non-hydrogen) atoms. The average molecular weight is 422 g/mol. The molecule has 8 nitrogen and oxygen atoms in total. The first-order valence-electron chi connectivity index (χ1n) is 9.29. The predicted octanol–water partition coefficient (Wildman–Crippen LogP) is 2.60. The molecule has 0 spiro atoms. The number of fused-ring (bicyclic) bond motifs is 1. The Labute approximate surface area is 177 Å². The second kappa shape index (κ2) is 9.65. The maximum atomic E-state index is 13.2. The summed E-state index contributed by atoms with van der Waals surface area (Å²) in [5.74, 6) is -0.984. The van der Waals surface area contributed by atoms with Crippen LogP contribution in [0.15, 0.2) is 53.0 Å². The van der Waals surface area contributed by atoms with Gasteiger partial charge in [-0.05, 0) is 48.9 Å². The van der Waals surface area contributed by atoms with E-state index in [2.05, 4.69) is 10.3 Å². The standard InChI is InChI=1S/C22H19FN4O4/c1-14-4-3-10-27-19(14)26-21(31-17-7-5-16(23)6-8-17)18(22(27)29)12-15(13-24)20(28)25-9-11-30-2/h3-8,10,12H,9,11H2,1-2H3,(H,25,28). The Morgan fingerprint density at radius 1 is 1.32 bits per heavy atom. The number of aryl methyl sites for hydroxylation is 1. The number of hydrogen-bond donors (Lipinski definition) is 1. The molecule has 0 bridgehead atoms. The SMILES string of the molecule is COCCNC(=O)C(C#N)=Cc1c(Oc2ccc(F)cc2)nc2c(C)cccn2c1=O. The molecule has 158 valence electrons. The number of nitrogens with zero attached hydrogens (tertiary/aromatic N) is 3. The third kappa shape index (κ3) is 4.94. The lowest BCUT2D eigenvalue weighted by molar-refractivity contribution is -0.117. The van der Waals surface area contributed by atoms with E-state index in [4.69, 9.17) is 9.47 Å². The Morgan fingerprint density at radius 3 is 2.74 bits per heavy atom. The molecule has 1 N–H and O–H groups in total. The second-order valence-corrected chi connectivity index (χ2v) is 6.50. The molecule has 0 aliphatic rings. The quantitative estimate of drug-likeness (QED) is 0.356. The van der Waals surface area contributed by atoms with Crippen molar-refractivity contribution < 1.29 is 18.7 Å². The molecular formula is C22H19FN4O4. The largest absolute Gasteiger partial charge is 0.438 e. The average Bonchev–Trinajstić information content (AvgIpc) is 2.76. The van der Waals surface area contributed by atoms with E-state index in [-0.39, 0.29) is 35.9 Å². The molecule has 9 heteroatoms. The zero-order valence-corrected chi connectivity index (χ0v) is 16.9. The number of amides is 1. The van der Waals surface area contributed by atoms with Crippen LogP contribution in [0.3, 0.4) is 0 Å². The molecule has 2 heterocycles. The molecular weight excluding hydrogens is 403 g/mol.